The van der Waals surface area contributed by atoms with Crippen LogP contribution in [0.2, 0.25) is 0 Å². The number of halogens is 2. The molecule has 0 atom stereocenters. The number of carbonyl (C=O) groups is 1. The van der Waals surface area contributed by atoms with Gasteiger partial charge in [-0.2, -0.15) is 5.10 Å². The first-order valence-corrected chi connectivity index (χ1v) is 6.60. The zero-order chi connectivity index (χ0) is 13.0. The van der Waals surface area contributed by atoms with Crippen molar-refractivity contribution in [1.29, 1.82) is 0 Å². The van der Waals surface area contributed by atoms with Gasteiger partial charge in [-0.1, -0.05) is 15.9 Å². The van der Waals surface area contributed by atoms with Crippen LogP contribution < -0.4 is 10.1 Å². The van der Waals surface area contributed by atoms with Gasteiger partial charge in [-0.25, -0.2) is 0 Å². The average molecular weight is 375 g/mol. The van der Waals surface area contributed by atoms with Crippen molar-refractivity contribution in [2.24, 2.45) is 0 Å². The van der Waals surface area contributed by atoms with E-state index in [2.05, 4.69) is 47.4 Å². The van der Waals surface area contributed by atoms with Crippen LogP contribution in [-0.2, 0) is 4.79 Å². The Labute approximate surface area is 120 Å². The molecule has 0 aliphatic rings. The molecule has 1 heterocycles. The number of amides is 1. The molecule has 0 bridgehead atoms. The van der Waals surface area contributed by atoms with Crippen LogP contribution in [0.5, 0.6) is 5.75 Å². The second-order valence-electron chi connectivity index (χ2n) is 3.40. The zero-order valence-electron chi connectivity index (χ0n) is 9.11. The second kappa shape index (κ2) is 6.01. The molecule has 0 fully saturated rings. The molecule has 2 aromatic rings. The van der Waals surface area contributed by atoms with Crippen molar-refractivity contribution < 1.29 is 9.53 Å². The number of carbonyl (C=O) groups excluding carboxylic acids is 1. The molecule has 1 aromatic heterocycles. The summed E-state index contributed by atoms with van der Waals surface area (Å²) in [7, 11) is 0. The van der Waals surface area contributed by atoms with Crippen LogP contribution in [0.4, 0.5) is 5.69 Å². The lowest BCUT2D eigenvalue weighted by atomic mass is 10.3. The van der Waals surface area contributed by atoms with Crippen molar-refractivity contribution in [2.75, 3.05) is 11.9 Å². The van der Waals surface area contributed by atoms with Crippen LogP contribution in [0.3, 0.4) is 0 Å². The van der Waals surface area contributed by atoms with Gasteiger partial charge in [0.25, 0.3) is 5.91 Å². The Morgan fingerprint density at radius 1 is 1.44 bits per heavy atom. The zero-order valence-corrected chi connectivity index (χ0v) is 12.3. The first kappa shape index (κ1) is 13.1. The quantitative estimate of drug-likeness (QED) is 0.864. The lowest BCUT2D eigenvalue weighted by molar-refractivity contribution is -0.118. The number of aromatic nitrogens is 2. The average Bonchev–Trinajstić information content (AvgIpc) is 2.80. The fraction of sp³-hybridized carbons (Fsp3) is 0.0909. The van der Waals surface area contributed by atoms with Crippen LogP contribution in [0.25, 0.3) is 0 Å². The predicted octanol–water partition coefficient (Wildman–Crippen LogP) is 2.95. The largest absolute Gasteiger partial charge is 0.483 e. The van der Waals surface area contributed by atoms with Gasteiger partial charge >= 0.3 is 0 Å². The maximum atomic E-state index is 11.6. The monoisotopic (exact) mass is 373 g/mol. The maximum absolute atomic E-state index is 11.6. The molecule has 5 nitrogen and oxygen atoms in total. The second-order valence-corrected chi connectivity index (χ2v) is 5.17. The van der Waals surface area contributed by atoms with Gasteiger partial charge in [-0.05, 0) is 34.1 Å². The van der Waals surface area contributed by atoms with Gasteiger partial charge in [0.05, 0.1) is 16.4 Å². The molecular weight excluding hydrogens is 366 g/mol. The molecule has 1 amide bonds. The number of nitrogens with one attached hydrogen (secondary N) is 2. The third-order valence-electron chi connectivity index (χ3n) is 2.03. The van der Waals surface area contributed by atoms with Gasteiger partial charge in [0.15, 0.2) is 6.61 Å². The third kappa shape index (κ3) is 3.58. The lowest BCUT2D eigenvalue weighted by Crippen LogP contribution is -2.19. The van der Waals surface area contributed by atoms with E-state index in [0.717, 1.165) is 8.95 Å². The summed E-state index contributed by atoms with van der Waals surface area (Å²) in [5.74, 6) is 0.367. The van der Waals surface area contributed by atoms with E-state index in [0.29, 0.717) is 11.4 Å². The van der Waals surface area contributed by atoms with E-state index >= 15 is 0 Å². The summed E-state index contributed by atoms with van der Waals surface area (Å²) in [6, 6.07) is 5.47. The third-order valence-corrected chi connectivity index (χ3v) is 3.15. The van der Waals surface area contributed by atoms with Crippen LogP contribution in [0.1, 0.15) is 0 Å². The minimum atomic E-state index is -0.244. The number of H-pyrrole nitrogens is 1. The Balaban J connectivity index is 1.89. The van der Waals surface area contributed by atoms with Crippen LogP contribution in [0, 0.1) is 0 Å². The van der Waals surface area contributed by atoms with E-state index in [-0.39, 0.29) is 12.5 Å². The first-order chi connectivity index (χ1) is 8.65. The molecule has 94 valence electrons. The Kier molecular flexibility index (Phi) is 4.38. The standard InChI is InChI=1S/C11H9Br2N3O2/c12-7-1-2-10(9(13)3-7)18-6-11(17)16-8-4-14-15-5-8/h1-5H,6H2,(H,14,15)(H,16,17). The number of ether oxygens (including phenoxy) is 1. The highest BCUT2D eigenvalue weighted by molar-refractivity contribution is 9.11. The molecule has 18 heavy (non-hydrogen) atoms. The van der Waals surface area contributed by atoms with E-state index < -0.39 is 0 Å². The molecule has 0 spiro atoms. The molecule has 0 saturated carbocycles. The Bertz CT molecular complexity index is 543. The lowest BCUT2D eigenvalue weighted by Gasteiger charge is -2.08. The Hall–Kier alpha value is -1.34. The summed E-state index contributed by atoms with van der Waals surface area (Å²) in [6.45, 7) is -0.0641. The topological polar surface area (TPSA) is 67.0 Å². The Morgan fingerprint density at radius 2 is 2.28 bits per heavy atom. The van der Waals surface area contributed by atoms with E-state index in [1.165, 1.54) is 6.20 Å². The van der Waals surface area contributed by atoms with Crippen molar-refractivity contribution in [3.8, 4) is 5.75 Å². The van der Waals surface area contributed by atoms with Crippen LogP contribution in [-0.4, -0.2) is 22.7 Å². The summed E-state index contributed by atoms with van der Waals surface area (Å²) >= 11 is 6.70. The highest BCUT2D eigenvalue weighted by atomic mass is 79.9. The predicted molar refractivity (Wildman–Crippen MR) is 74.6 cm³/mol. The molecule has 0 saturated heterocycles. The van der Waals surface area contributed by atoms with Gasteiger partial charge in [-0.3, -0.25) is 9.89 Å². The summed E-state index contributed by atoms with van der Waals surface area (Å²) in [4.78, 5) is 11.6. The molecule has 0 unspecified atom stereocenters. The number of aromatic amines is 1. The van der Waals surface area contributed by atoms with Gasteiger partial charge in [0.2, 0.25) is 0 Å². The summed E-state index contributed by atoms with van der Waals surface area (Å²) in [5, 5.41) is 8.97. The minimum Gasteiger partial charge on any atom is -0.483 e. The molecule has 0 aliphatic heterocycles. The van der Waals surface area contributed by atoms with E-state index in [4.69, 9.17) is 4.74 Å². The number of benzene rings is 1. The van der Waals surface area contributed by atoms with Gasteiger partial charge < -0.3 is 10.1 Å². The van der Waals surface area contributed by atoms with E-state index in [1.54, 1.807) is 12.3 Å². The summed E-state index contributed by atoms with van der Waals surface area (Å²) in [5.41, 5.74) is 0.610. The molecule has 0 radical (unpaired) electrons. The molecule has 2 rings (SSSR count). The number of hydrogen-bond donors (Lipinski definition) is 2. The molecule has 7 heteroatoms. The fourth-order valence-electron chi connectivity index (χ4n) is 1.25. The Morgan fingerprint density at radius 3 is 2.94 bits per heavy atom. The molecule has 1 aromatic carbocycles. The summed E-state index contributed by atoms with van der Waals surface area (Å²) in [6.07, 6.45) is 3.11. The highest BCUT2D eigenvalue weighted by Gasteiger charge is 2.06. The normalized spacial score (nSPS) is 10.1. The smallest absolute Gasteiger partial charge is 0.262 e. The maximum Gasteiger partial charge on any atom is 0.262 e. The first-order valence-electron chi connectivity index (χ1n) is 5.01. The number of nitrogens with zero attached hydrogens (tertiary/aromatic N) is 1. The van der Waals surface area contributed by atoms with Crippen LogP contribution >= 0.6 is 31.9 Å². The number of hydrogen-bond acceptors (Lipinski definition) is 3. The van der Waals surface area contributed by atoms with Crippen molar-refractivity contribution in [2.45, 2.75) is 0 Å². The SMILES string of the molecule is O=C(COc1ccc(Br)cc1Br)Nc1cn[nH]c1. The van der Waals surface area contributed by atoms with Crippen LogP contribution in [0.15, 0.2) is 39.5 Å². The number of rotatable bonds is 4. The van der Waals surface area contributed by atoms with Gasteiger partial charge in [0.1, 0.15) is 5.75 Å². The molecule has 0 aliphatic carbocycles. The molecule has 2 N–H and O–H groups in total. The number of anilines is 1. The fourth-order valence-corrected chi connectivity index (χ4v) is 2.41. The summed E-state index contributed by atoms with van der Waals surface area (Å²) < 4.78 is 7.11. The molecular formula is C11H9Br2N3O2. The minimum absolute atomic E-state index is 0.0641. The van der Waals surface area contributed by atoms with Gasteiger partial charge in [0, 0.05) is 10.7 Å². The highest BCUT2D eigenvalue weighted by Crippen LogP contribution is 2.28. The van der Waals surface area contributed by atoms with Crippen molar-refractivity contribution >= 4 is 43.5 Å². The van der Waals surface area contributed by atoms with Crippen molar-refractivity contribution in [3.63, 3.8) is 0 Å². The van der Waals surface area contributed by atoms with E-state index in [9.17, 15) is 4.79 Å². The van der Waals surface area contributed by atoms with Crippen molar-refractivity contribution in [3.05, 3.63) is 39.5 Å². The van der Waals surface area contributed by atoms with Gasteiger partial charge in [-0.15, -0.1) is 0 Å². The van der Waals surface area contributed by atoms with E-state index in [1.807, 2.05) is 12.1 Å². The van der Waals surface area contributed by atoms with Crippen molar-refractivity contribution in [1.82, 2.24) is 10.2 Å².